The van der Waals surface area contributed by atoms with Crippen LogP contribution in [0.1, 0.15) is 12.1 Å². The van der Waals surface area contributed by atoms with Crippen molar-refractivity contribution in [2.24, 2.45) is 0 Å². The van der Waals surface area contributed by atoms with Crippen molar-refractivity contribution >= 4 is 5.91 Å². The second-order valence-electron chi connectivity index (χ2n) is 5.48. The fourth-order valence-electron chi connectivity index (χ4n) is 2.42. The molecule has 1 saturated heterocycles. The molecular formula is C17H19N3O3. The number of rotatable bonds is 5. The number of benzene rings is 1. The van der Waals surface area contributed by atoms with Crippen molar-refractivity contribution in [2.45, 2.75) is 19.4 Å². The third-order valence-corrected chi connectivity index (χ3v) is 3.66. The van der Waals surface area contributed by atoms with Crippen LogP contribution in [0.5, 0.6) is 11.6 Å². The molecule has 1 amide bonds. The monoisotopic (exact) mass is 313 g/mol. The number of hydrogen-bond donors (Lipinski definition) is 0. The van der Waals surface area contributed by atoms with E-state index in [1.54, 1.807) is 11.0 Å². The summed E-state index contributed by atoms with van der Waals surface area (Å²) in [5.41, 5.74) is 0.846. The first-order valence-corrected chi connectivity index (χ1v) is 7.63. The number of para-hydroxylation sites is 1. The van der Waals surface area contributed by atoms with Crippen molar-refractivity contribution in [3.05, 3.63) is 48.2 Å². The van der Waals surface area contributed by atoms with E-state index in [2.05, 4.69) is 10.2 Å². The average Bonchev–Trinajstić information content (AvgIpc) is 3.04. The number of aryl methyl sites for hydroxylation is 1. The lowest BCUT2D eigenvalue weighted by Crippen LogP contribution is -2.34. The van der Waals surface area contributed by atoms with E-state index in [9.17, 15) is 4.79 Å². The van der Waals surface area contributed by atoms with Gasteiger partial charge in [-0.1, -0.05) is 18.2 Å². The first-order valence-electron chi connectivity index (χ1n) is 7.63. The van der Waals surface area contributed by atoms with E-state index in [-0.39, 0.29) is 18.6 Å². The molecule has 23 heavy (non-hydrogen) atoms. The quantitative estimate of drug-likeness (QED) is 0.843. The normalized spacial score (nSPS) is 17.1. The fraction of sp³-hybridized carbons (Fsp3) is 0.353. The lowest BCUT2D eigenvalue weighted by atomic mass is 10.3. The Morgan fingerprint density at radius 2 is 2.04 bits per heavy atom. The Bertz CT molecular complexity index is 646. The summed E-state index contributed by atoms with van der Waals surface area (Å²) in [6.45, 7) is 3.13. The molecule has 1 aliphatic heterocycles. The third kappa shape index (κ3) is 4.18. The summed E-state index contributed by atoms with van der Waals surface area (Å²) in [6.07, 6.45) is 0.736. The second-order valence-corrected chi connectivity index (χ2v) is 5.48. The van der Waals surface area contributed by atoms with Gasteiger partial charge in [-0.05, 0) is 25.1 Å². The molecule has 1 unspecified atom stereocenters. The van der Waals surface area contributed by atoms with Crippen LogP contribution in [0, 0.1) is 6.92 Å². The number of amides is 1. The highest BCUT2D eigenvalue weighted by atomic mass is 16.5. The topological polar surface area (TPSA) is 64.5 Å². The summed E-state index contributed by atoms with van der Waals surface area (Å²) in [7, 11) is 0. The molecule has 0 radical (unpaired) electrons. The minimum Gasteiger partial charge on any atom is -0.484 e. The minimum atomic E-state index is -0.0484. The smallest absolute Gasteiger partial charge is 0.260 e. The molecule has 1 aliphatic rings. The van der Waals surface area contributed by atoms with E-state index < -0.39 is 0 Å². The molecule has 0 bridgehead atoms. The fourth-order valence-corrected chi connectivity index (χ4v) is 2.42. The van der Waals surface area contributed by atoms with Crippen LogP contribution < -0.4 is 9.47 Å². The van der Waals surface area contributed by atoms with Crippen LogP contribution in [0.3, 0.4) is 0 Å². The molecule has 0 saturated carbocycles. The molecule has 6 nitrogen and oxygen atoms in total. The first kappa shape index (κ1) is 15.3. The molecule has 120 valence electrons. The van der Waals surface area contributed by atoms with Gasteiger partial charge in [0, 0.05) is 19.0 Å². The van der Waals surface area contributed by atoms with Crippen LogP contribution in [-0.2, 0) is 4.79 Å². The Hall–Kier alpha value is -2.63. The van der Waals surface area contributed by atoms with Crippen LogP contribution in [0.15, 0.2) is 42.5 Å². The highest BCUT2D eigenvalue weighted by Crippen LogP contribution is 2.16. The summed E-state index contributed by atoms with van der Waals surface area (Å²) in [6, 6.07) is 13.0. The van der Waals surface area contributed by atoms with E-state index in [1.165, 1.54) is 0 Å². The summed E-state index contributed by atoms with van der Waals surface area (Å²) in [5.74, 6) is 1.16. The van der Waals surface area contributed by atoms with Gasteiger partial charge in [0.25, 0.3) is 5.91 Å². The van der Waals surface area contributed by atoms with Crippen LogP contribution in [0.2, 0.25) is 0 Å². The van der Waals surface area contributed by atoms with E-state index in [4.69, 9.17) is 9.47 Å². The zero-order valence-electron chi connectivity index (χ0n) is 13.0. The van der Waals surface area contributed by atoms with Crippen molar-refractivity contribution in [3.8, 4) is 11.6 Å². The summed E-state index contributed by atoms with van der Waals surface area (Å²) < 4.78 is 11.3. The van der Waals surface area contributed by atoms with Crippen molar-refractivity contribution in [2.75, 3.05) is 19.7 Å². The third-order valence-electron chi connectivity index (χ3n) is 3.66. The van der Waals surface area contributed by atoms with Crippen molar-refractivity contribution in [1.29, 1.82) is 0 Å². The minimum absolute atomic E-state index is 0.0325. The van der Waals surface area contributed by atoms with Gasteiger partial charge in [0.2, 0.25) is 5.88 Å². The largest absolute Gasteiger partial charge is 0.484 e. The zero-order valence-corrected chi connectivity index (χ0v) is 13.0. The summed E-state index contributed by atoms with van der Waals surface area (Å²) >= 11 is 0. The Labute approximate surface area is 135 Å². The lowest BCUT2D eigenvalue weighted by molar-refractivity contribution is -0.132. The number of carbonyl (C=O) groups excluding carboxylic acids is 1. The van der Waals surface area contributed by atoms with Gasteiger partial charge in [-0.2, -0.15) is 5.10 Å². The maximum atomic E-state index is 12.2. The Balaban J connectivity index is 1.47. The maximum absolute atomic E-state index is 12.2. The Morgan fingerprint density at radius 1 is 1.22 bits per heavy atom. The molecule has 0 aliphatic carbocycles. The predicted molar refractivity (Wildman–Crippen MR) is 84.3 cm³/mol. The number of carbonyl (C=O) groups is 1. The second kappa shape index (κ2) is 7.09. The molecule has 2 aromatic rings. The highest BCUT2D eigenvalue weighted by Gasteiger charge is 2.28. The maximum Gasteiger partial charge on any atom is 0.260 e. The van der Waals surface area contributed by atoms with Gasteiger partial charge in [-0.3, -0.25) is 4.79 Å². The highest BCUT2D eigenvalue weighted by molar-refractivity contribution is 5.78. The molecule has 1 atom stereocenters. The van der Waals surface area contributed by atoms with Gasteiger partial charge < -0.3 is 14.4 Å². The van der Waals surface area contributed by atoms with E-state index in [1.807, 2.05) is 43.3 Å². The molecule has 2 heterocycles. The summed E-state index contributed by atoms with van der Waals surface area (Å²) in [5, 5.41) is 7.95. The van der Waals surface area contributed by atoms with E-state index in [0.29, 0.717) is 24.7 Å². The van der Waals surface area contributed by atoms with Gasteiger partial charge in [0.05, 0.1) is 12.2 Å². The average molecular weight is 313 g/mol. The zero-order chi connectivity index (χ0) is 16.1. The van der Waals surface area contributed by atoms with Crippen molar-refractivity contribution in [3.63, 3.8) is 0 Å². The molecule has 0 spiro atoms. The van der Waals surface area contributed by atoms with E-state index >= 15 is 0 Å². The molecule has 1 aromatic carbocycles. The Morgan fingerprint density at radius 3 is 2.78 bits per heavy atom. The number of ether oxygens (including phenoxy) is 2. The molecule has 1 fully saturated rings. The summed E-state index contributed by atoms with van der Waals surface area (Å²) in [4.78, 5) is 13.9. The molecule has 0 N–H and O–H groups in total. The van der Waals surface area contributed by atoms with Gasteiger partial charge in [-0.15, -0.1) is 5.10 Å². The lowest BCUT2D eigenvalue weighted by Gasteiger charge is -2.17. The number of likely N-dealkylation sites (tertiary alicyclic amines) is 1. The van der Waals surface area contributed by atoms with Crippen LogP contribution in [0.25, 0.3) is 0 Å². The SMILES string of the molecule is Cc1ccc(OC2CCN(C(=O)COc3ccccc3)C2)nn1. The van der Waals surface area contributed by atoms with Gasteiger partial charge in [0.1, 0.15) is 11.9 Å². The molecular weight excluding hydrogens is 294 g/mol. The van der Waals surface area contributed by atoms with E-state index in [0.717, 1.165) is 12.1 Å². The predicted octanol–water partition coefficient (Wildman–Crippen LogP) is 1.84. The van der Waals surface area contributed by atoms with Crippen molar-refractivity contribution in [1.82, 2.24) is 15.1 Å². The van der Waals surface area contributed by atoms with Gasteiger partial charge in [-0.25, -0.2) is 0 Å². The number of nitrogens with zero attached hydrogens (tertiary/aromatic N) is 3. The molecule has 3 rings (SSSR count). The van der Waals surface area contributed by atoms with Crippen LogP contribution >= 0.6 is 0 Å². The van der Waals surface area contributed by atoms with Gasteiger partial charge in [0.15, 0.2) is 6.61 Å². The number of aromatic nitrogens is 2. The first-order chi connectivity index (χ1) is 11.2. The Kier molecular flexibility index (Phi) is 4.71. The van der Waals surface area contributed by atoms with Crippen LogP contribution in [-0.4, -0.2) is 46.8 Å². The van der Waals surface area contributed by atoms with Crippen molar-refractivity contribution < 1.29 is 14.3 Å². The molecule has 1 aromatic heterocycles. The van der Waals surface area contributed by atoms with Crippen LogP contribution in [0.4, 0.5) is 0 Å². The van der Waals surface area contributed by atoms with Gasteiger partial charge >= 0.3 is 0 Å². The molecule has 6 heteroatoms. The standard InChI is InChI=1S/C17H19N3O3/c1-13-7-8-16(19-18-13)23-15-9-10-20(11-15)17(21)12-22-14-5-3-2-4-6-14/h2-8,15H,9-12H2,1H3. The number of hydrogen-bond acceptors (Lipinski definition) is 5.